The van der Waals surface area contributed by atoms with Gasteiger partial charge in [0.05, 0.1) is 0 Å². The highest BCUT2D eigenvalue weighted by atomic mass is 16.4. The van der Waals surface area contributed by atoms with Crippen molar-refractivity contribution in [2.24, 2.45) is 5.41 Å². The third-order valence-corrected chi connectivity index (χ3v) is 5.76. The van der Waals surface area contributed by atoms with Crippen molar-refractivity contribution in [3.63, 3.8) is 0 Å². The molecule has 1 aliphatic carbocycles. The maximum absolute atomic E-state index is 11.7. The predicted octanol–water partition coefficient (Wildman–Crippen LogP) is 2.87. The maximum atomic E-state index is 11.7. The summed E-state index contributed by atoms with van der Waals surface area (Å²) in [5.41, 5.74) is -0.301. The molecule has 0 spiro atoms. The highest BCUT2D eigenvalue weighted by Gasteiger charge is 2.41. The summed E-state index contributed by atoms with van der Waals surface area (Å²) in [4.78, 5) is 14.2. The number of likely N-dealkylation sites (tertiary alicyclic amines) is 1. The molecular formula is C17H32N2O2. The van der Waals surface area contributed by atoms with Crippen LogP contribution in [0.3, 0.4) is 0 Å². The van der Waals surface area contributed by atoms with Crippen molar-refractivity contribution in [1.29, 1.82) is 0 Å². The Kier molecular flexibility index (Phi) is 4.99. The van der Waals surface area contributed by atoms with Crippen LogP contribution < -0.4 is 5.32 Å². The fourth-order valence-electron chi connectivity index (χ4n) is 3.46. The van der Waals surface area contributed by atoms with Crippen LogP contribution in [0.4, 0.5) is 0 Å². The lowest BCUT2D eigenvalue weighted by Crippen LogP contribution is -2.55. The molecule has 4 heteroatoms. The first-order chi connectivity index (χ1) is 9.78. The largest absolute Gasteiger partial charge is 0.480 e. The van der Waals surface area contributed by atoms with E-state index in [1.807, 2.05) is 6.92 Å². The molecule has 21 heavy (non-hydrogen) atoms. The minimum Gasteiger partial charge on any atom is -0.480 e. The second-order valence-corrected chi connectivity index (χ2v) is 7.81. The minimum absolute atomic E-state index is 0.318. The minimum atomic E-state index is -0.786. The molecule has 2 N–H and O–H groups in total. The summed E-state index contributed by atoms with van der Waals surface area (Å²) in [5.74, 6) is -0.711. The predicted molar refractivity (Wildman–Crippen MR) is 85.5 cm³/mol. The van der Waals surface area contributed by atoms with Gasteiger partial charge in [-0.2, -0.15) is 0 Å². The summed E-state index contributed by atoms with van der Waals surface area (Å²) in [7, 11) is 0. The number of hydrogen-bond donors (Lipinski definition) is 2. The first-order valence-corrected chi connectivity index (χ1v) is 8.53. The van der Waals surface area contributed by atoms with E-state index in [9.17, 15) is 9.90 Å². The molecule has 2 rings (SSSR count). The molecule has 0 aromatic carbocycles. The molecule has 0 aromatic rings. The number of nitrogens with zero attached hydrogens (tertiary/aromatic N) is 1. The molecule has 1 saturated carbocycles. The number of aliphatic carboxylic acids is 1. The zero-order chi connectivity index (χ0) is 15.7. The van der Waals surface area contributed by atoms with Crippen molar-refractivity contribution in [3.8, 4) is 0 Å². The molecule has 4 nitrogen and oxygen atoms in total. The third-order valence-electron chi connectivity index (χ3n) is 5.76. The van der Waals surface area contributed by atoms with Gasteiger partial charge >= 0.3 is 5.97 Å². The van der Waals surface area contributed by atoms with E-state index in [1.165, 1.54) is 19.3 Å². The van der Waals surface area contributed by atoms with Crippen molar-refractivity contribution in [2.45, 2.75) is 83.8 Å². The topological polar surface area (TPSA) is 52.6 Å². The fourth-order valence-corrected chi connectivity index (χ4v) is 3.46. The average molecular weight is 296 g/mol. The van der Waals surface area contributed by atoms with Crippen molar-refractivity contribution < 1.29 is 9.90 Å². The van der Waals surface area contributed by atoms with E-state index in [1.54, 1.807) is 0 Å². The normalized spacial score (nSPS) is 27.0. The van der Waals surface area contributed by atoms with Crippen LogP contribution in [0, 0.1) is 5.41 Å². The monoisotopic (exact) mass is 296 g/mol. The standard InChI is InChI=1S/C17H32N2O2/c1-5-16(3)8-10-19(11-9-16)13(2)12-17(4,15(20)21)18-14-6-7-14/h13-14,18H,5-12H2,1-4H3,(H,20,21). The molecule has 122 valence electrons. The van der Waals surface area contributed by atoms with Gasteiger partial charge in [0.2, 0.25) is 0 Å². The number of piperidine rings is 1. The van der Waals surface area contributed by atoms with Gasteiger partial charge in [0.1, 0.15) is 5.54 Å². The Labute approximate surface area is 129 Å². The smallest absolute Gasteiger partial charge is 0.323 e. The first kappa shape index (κ1) is 16.8. The lowest BCUT2D eigenvalue weighted by Gasteiger charge is -2.43. The summed E-state index contributed by atoms with van der Waals surface area (Å²) in [6.45, 7) is 10.9. The zero-order valence-corrected chi connectivity index (χ0v) is 14.1. The number of carbonyl (C=O) groups is 1. The summed E-state index contributed by atoms with van der Waals surface area (Å²) < 4.78 is 0. The van der Waals surface area contributed by atoms with E-state index >= 15 is 0 Å². The highest BCUT2D eigenvalue weighted by molar-refractivity contribution is 5.78. The second kappa shape index (κ2) is 6.25. The Hall–Kier alpha value is -0.610. The van der Waals surface area contributed by atoms with E-state index in [4.69, 9.17) is 0 Å². The van der Waals surface area contributed by atoms with Crippen LogP contribution >= 0.6 is 0 Å². The van der Waals surface area contributed by atoms with Gasteiger partial charge in [-0.1, -0.05) is 20.3 Å². The molecule has 1 aliphatic heterocycles. The Morgan fingerprint density at radius 1 is 1.43 bits per heavy atom. The van der Waals surface area contributed by atoms with Crippen molar-refractivity contribution in [1.82, 2.24) is 10.2 Å². The van der Waals surface area contributed by atoms with Gasteiger partial charge in [0.15, 0.2) is 0 Å². The van der Waals surface area contributed by atoms with Gasteiger partial charge in [-0.15, -0.1) is 0 Å². The van der Waals surface area contributed by atoms with E-state index in [0.29, 0.717) is 23.9 Å². The number of rotatable bonds is 7. The summed E-state index contributed by atoms with van der Waals surface area (Å²) in [6, 6.07) is 0.738. The molecule has 0 radical (unpaired) electrons. The Morgan fingerprint density at radius 2 is 2.00 bits per heavy atom. The molecule has 2 unspecified atom stereocenters. The van der Waals surface area contributed by atoms with E-state index in [0.717, 1.165) is 25.9 Å². The van der Waals surface area contributed by atoms with E-state index in [2.05, 4.69) is 31.0 Å². The molecule has 0 aromatic heterocycles. The van der Waals surface area contributed by atoms with Crippen LogP contribution in [0.25, 0.3) is 0 Å². The van der Waals surface area contributed by atoms with Gasteiger partial charge < -0.3 is 10.0 Å². The summed E-state index contributed by atoms with van der Waals surface area (Å²) in [6.07, 6.45) is 6.62. The maximum Gasteiger partial charge on any atom is 0.323 e. The van der Waals surface area contributed by atoms with Gasteiger partial charge in [0, 0.05) is 12.1 Å². The van der Waals surface area contributed by atoms with Crippen LogP contribution in [-0.2, 0) is 4.79 Å². The highest BCUT2D eigenvalue weighted by Crippen LogP contribution is 2.35. The molecule has 2 aliphatic rings. The lowest BCUT2D eigenvalue weighted by molar-refractivity contribution is -0.145. The number of nitrogens with one attached hydrogen (secondary N) is 1. The Morgan fingerprint density at radius 3 is 2.43 bits per heavy atom. The quantitative estimate of drug-likeness (QED) is 0.758. The summed E-state index contributed by atoms with van der Waals surface area (Å²) in [5, 5.41) is 12.9. The lowest BCUT2D eigenvalue weighted by atomic mass is 9.77. The number of carboxylic acid groups (broad SMARTS) is 1. The summed E-state index contributed by atoms with van der Waals surface area (Å²) >= 11 is 0. The van der Waals surface area contributed by atoms with E-state index < -0.39 is 11.5 Å². The molecule has 0 bridgehead atoms. The molecular weight excluding hydrogens is 264 g/mol. The van der Waals surface area contributed by atoms with Crippen LogP contribution in [-0.4, -0.2) is 46.7 Å². The molecule has 1 saturated heterocycles. The Balaban J connectivity index is 1.90. The SMILES string of the molecule is CCC1(C)CCN(C(C)CC(C)(NC2CC2)C(=O)O)CC1. The second-order valence-electron chi connectivity index (χ2n) is 7.81. The molecule has 0 amide bonds. The first-order valence-electron chi connectivity index (χ1n) is 8.53. The van der Waals surface area contributed by atoms with Crippen LogP contribution in [0.15, 0.2) is 0 Å². The van der Waals surface area contributed by atoms with Crippen molar-refractivity contribution in [2.75, 3.05) is 13.1 Å². The number of hydrogen-bond acceptors (Lipinski definition) is 3. The van der Waals surface area contributed by atoms with E-state index in [-0.39, 0.29) is 0 Å². The van der Waals surface area contributed by atoms with Gasteiger partial charge in [-0.05, 0) is 64.5 Å². The van der Waals surface area contributed by atoms with Gasteiger partial charge in [-0.3, -0.25) is 10.1 Å². The van der Waals surface area contributed by atoms with Crippen LogP contribution in [0.1, 0.15) is 66.2 Å². The van der Waals surface area contributed by atoms with Crippen LogP contribution in [0.2, 0.25) is 0 Å². The average Bonchev–Trinajstić information content (AvgIpc) is 3.23. The fraction of sp³-hybridized carbons (Fsp3) is 0.941. The van der Waals surface area contributed by atoms with Crippen molar-refractivity contribution in [3.05, 3.63) is 0 Å². The molecule has 2 atom stereocenters. The third kappa shape index (κ3) is 4.19. The van der Waals surface area contributed by atoms with Crippen LogP contribution in [0.5, 0.6) is 0 Å². The number of carboxylic acids is 1. The van der Waals surface area contributed by atoms with Gasteiger partial charge in [-0.25, -0.2) is 0 Å². The molecule has 1 heterocycles. The zero-order valence-electron chi connectivity index (χ0n) is 14.1. The van der Waals surface area contributed by atoms with Gasteiger partial charge in [0.25, 0.3) is 0 Å². The molecule has 2 fully saturated rings. The van der Waals surface area contributed by atoms with Crippen molar-refractivity contribution >= 4 is 5.97 Å². The Bertz CT molecular complexity index is 373.